The van der Waals surface area contributed by atoms with E-state index in [0.717, 1.165) is 50.8 Å². The molecular weight excluding hydrogens is 410 g/mol. The van der Waals surface area contributed by atoms with Crippen LogP contribution in [0.25, 0.3) is 0 Å². The predicted molar refractivity (Wildman–Crippen MR) is 123 cm³/mol. The number of anilines is 1. The van der Waals surface area contributed by atoms with E-state index in [9.17, 15) is 13.2 Å². The van der Waals surface area contributed by atoms with Crippen LogP contribution in [-0.4, -0.2) is 33.1 Å². The summed E-state index contributed by atoms with van der Waals surface area (Å²) in [6, 6.07) is 10.6. The third kappa shape index (κ3) is 4.72. The number of carbonyl (C=O) groups excluding carboxylic acids is 1. The number of piperidine rings is 1. The lowest BCUT2D eigenvalue weighted by Gasteiger charge is -2.22. The Balaban J connectivity index is 1.53. The summed E-state index contributed by atoms with van der Waals surface area (Å²) in [5, 5.41) is 6.23. The molecule has 1 heterocycles. The molecule has 164 valence electrons. The van der Waals surface area contributed by atoms with E-state index in [1.807, 2.05) is 12.1 Å². The van der Waals surface area contributed by atoms with Crippen molar-refractivity contribution in [2.45, 2.75) is 50.8 Å². The zero-order chi connectivity index (χ0) is 22.0. The van der Waals surface area contributed by atoms with Gasteiger partial charge in [0.05, 0.1) is 4.90 Å². The quantitative estimate of drug-likeness (QED) is 0.692. The van der Waals surface area contributed by atoms with Crippen molar-refractivity contribution in [1.82, 2.24) is 5.32 Å². The predicted octanol–water partition coefficient (Wildman–Crippen LogP) is 3.89. The minimum Gasteiger partial charge on any atom is -0.322 e. The van der Waals surface area contributed by atoms with Gasteiger partial charge in [-0.25, -0.2) is 0 Å². The average molecular weight is 440 g/mol. The number of sulfonamides is 1. The van der Waals surface area contributed by atoms with Crippen LogP contribution in [0.3, 0.4) is 0 Å². The van der Waals surface area contributed by atoms with Crippen molar-refractivity contribution in [3.05, 3.63) is 58.7 Å². The largest absolute Gasteiger partial charge is 0.322 e. The van der Waals surface area contributed by atoms with E-state index >= 15 is 0 Å². The summed E-state index contributed by atoms with van der Waals surface area (Å²) in [7, 11) is -3.78. The molecule has 1 aliphatic heterocycles. The lowest BCUT2D eigenvalue weighted by Crippen LogP contribution is -2.31. The molecule has 2 aromatic rings. The molecule has 0 unspecified atom stereocenters. The number of fused-ring (bicyclic) bond motifs is 1. The van der Waals surface area contributed by atoms with Crippen LogP contribution in [0.4, 0.5) is 5.69 Å². The van der Waals surface area contributed by atoms with Crippen LogP contribution in [0.5, 0.6) is 0 Å². The van der Waals surface area contributed by atoms with Gasteiger partial charge in [0.25, 0.3) is 15.9 Å². The van der Waals surface area contributed by atoms with Crippen molar-refractivity contribution in [3.8, 4) is 0 Å². The molecule has 4 rings (SSSR count). The number of carbonyl (C=O) groups is 1. The number of rotatable bonds is 5. The van der Waals surface area contributed by atoms with Crippen molar-refractivity contribution >= 4 is 27.3 Å². The third-order valence-corrected chi connectivity index (χ3v) is 7.71. The summed E-state index contributed by atoms with van der Waals surface area (Å²) in [5.74, 6) is 0.0421. The Morgan fingerprint density at radius 3 is 2.65 bits per heavy atom. The maximum atomic E-state index is 12.9. The van der Waals surface area contributed by atoms with Gasteiger partial charge < -0.3 is 10.6 Å². The van der Waals surface area contributed by atoms with Crippen LogP contribution in [0.1, 0.15) is 53.2 Å². The molecule has 0 saturated carbocycles. The van der Waals surface area contributed by atoms with Crippen molar-refractivity contribution in [1.29, 1.82) is 0 Å². The molecule has 2 aliphatic rings. The second-order valence-corrected chi connectivity index (χ2v) is 10.1. The number of hydrogen-bond acceptors (Lipinski definition) is 4. The molecule has 0 atom stereocenters. The van der Waals surface area contributed by atoms with E-state index in [1.54, 1.807) is 26.0 Å². The van der Waals surface area contributed by atoms with E-state index in [-0.39, 0.29) is 16.7 Å². The molecule has 2 N–H and O–H groups in total. The fourth-order valence-electron chi connectivity index (χ4n) is 4.52. The van der Waals surface area contributed by atoms with E-state index in [1.165, 1.54) is 11.6 Å². The summed E-state index contributed by atoms with van der Waals surface area (Å²) in [4.78, 5) is 13.0. The Labute approximate surface area is 184 Å². The second kappa shape index (κ2) is 8.93. The molecule has 2 aromatic carbocycles. The maximum Gasteiger partial charge on any atom is 0.282 e. The van der Waals surface area contributed by atoms with Gasteiger partial charge in [0, 0.05) is 22.9 Å². The number of nitrogens with one attached hydrogen (secondary N) is 2. The van der Waals surface area contributed by atoms with E-state index in [4.69, 9.17) is 0 Å². The molecule has 1 fully saturated rings. The lowest BCUT2D eigenvalue weighted by atomic mass is 9.94. The Kier molecular flexibility index (Phi) is 6.25. The number of amides is 1. The first-order valence-corrected chi connectivity index (χ1v) is 12.3. The van der Waals surface area contributed by atoms with Gasteiger partial charge in [-0.2, -0.15) is 12.8 Å². The fraction of sp³-hybridized carbons (Fsp3) is 0.417. The molecule has 0 bridgehead atoms. The lowest BCUT2D eigenvalue weighted by molar-refractivity contribution is 0.102. The summed E-state index contributed by atoms with van der Waals surface area (Å²) in [5.41, 5.74) is 5.03. The van der Waals surface area contributed by atoms with E-state index in [2.05, 4.69) is 21.1 Å². The van der Waals surface area contributed by atoms with Gasteiger partial charge in [-0.15, -0.1) is 0 Å². The van der Waals surface area contributed by atoms with Crippen LogP contribution >= 0.6 is 0 Å². The molecule has 1 saturated heterocycles. The number of hydrogen-bond donors (Lipinski definition) is 2. The number of aryl methyl sites for hydroxylation is 2. The molecular formula is C24H29N3O3S. The SMILES string of the molecule is CC(=NS(=O)(=O)c1ccc(NC(=O)c2cccc3c2CCC3)c(C)c1)C1CCNCC1. The van der Waals surface area contributed by atoms with Crippen molar-refractivity contribution in [2.75, 3.05) is 18.4 Å². The summed E-state index contributed by atoms with van der Waals surface area (Å²) >= 11 is 0. The van der Waals surface area contributed by atoms with Gasteiger partial charge in [0.1, 0.15) is 0 Å². The minimum absolute atomic E-state index is 0.150. The normalized spacial score (nSPS) is 17.4. The Morgan fingerprint density at radius 2 is 1.90 bits per heavy atom. The molecule has 6 nitrogen and oxygen atoms in total. The molecule has 31 heavy (non-hydrogen) atoms. The van der Waals surface area contributed by atoms with Crippen molar-refractivity contribution < 1.29 is 13.2 Å². The highest BCUT2D eigenvalue weighted by Gasteiger charge is 2.22. The first-order valence-electron chi connectivity index (χ1n) is 10.9. The monoisotopic (exact) mass is 439 g/mol. The summed E-state index contributed by atoms with van der Waals surface area (Å²) < 4.78 is 29.8. The van der Waals surface area contributed by atoms with Crippen LogP contribution < -0.4 is 10.6 Å². The van der Waals surface area contributed by atoms with Gasteiger partial charge in [-0.3, -0.25) is 4.79 Å². The summed E-state index contributed by atoms with van der Waals surface area (Å²) in [6.45, 7) is 5.37. The molecule has 7 heteroatoms. The summed E-state index contributed by atoms with van der Waals surface area (Å²) in [6.07, 6.45) is 4.81. The highest BCUT2D eigenvalue weighted by Crippen LogP contribution is 2.27. The molecule has 0 aromatic heterocycles. The van der Waals surface area contributed by atoms with Crippen LogP contribution in [-0.2, 0) is 22.9 Å². The van der Waals surface area contributed by atoms with Crippen LogP contribution in [0, 0.1) is 12.8 Å². The second-order valence-electron chi connectivity index (χ2n) is 8.46. The molecule has 1 amide bonds. The van der Waals surface area contributed by atoms with E-state index in [0.29, 0.717) is 22.5 Å². The van der Waals surface area contributed by atoms with Crippen LogP contribution in [0.2, 0.25) is 0 Å². The highest BCUT2D eigenvalue weighted by atomic mass is 32.2. The first-order chi connectivity index (χ1) is 14.8. The van der Waals surface area contributed by atoms with Gasteiger partial charge in [0.2, 0.25) is 0 Å². The Morgan fingerprint density at radius 1 is 1.13 bits per heavy atom. The zero-order valence-electron chi connectivity index (χ0n) is 18.1. The zero-order valence-corrected chi connectivity index (χ0v) is 18.9. The topological polar surface area (TPSA) is 87.6 Å². The van der Waals surface area contributed by atoms with Gasteiger partial charge >= 0.3 is 0 Å². The highest BCUT2D eigenvalue weighted by molar-refractivity contribution is 7.90. The maximum absolute atomic E-state index is 12.9. The standard InChI is InChI=1S/C24H29N3O3S/c1-16-15-20(31(29,30)27-17(2)18-11-13-25-14-12-18)9-10-23(16)26-24(28)22-8-4-6-19-5-3-7-21(19)22/h4,6,8-10,15,18,25H,3,5,7,11-14H2,1-2H3,(H,26,28). The first kappa shape index (κ1) is 21.7. The Hall–Kier alpha value is -2.51. The molecule has 1 aliphatic carbocycles. The van der Waals surface area contributed by atoms with Crippen molar-refractivity contribution in [2.24, 2.45) is 10.3 Å². The number of nitrogens with zero attached hydrogens (tertiary/aromatic N) is 1. The van der Waals surface area contributed by atoms with E-state index < -0.39 is 10.0 Å². The smallest absolute Gasteiger partial charge is 0.282 e. The van der Waals surface area contributed by atoms with Gasteiger partial charge in [0.15, 0.2) is 0 Å². The minimum atomic E-state index is -3.78. The van der Waals surface area contributed by atoms with Gasteiger partial charge in [-0.05, 0) is 100.0 Å². The average Bonchev–Trinajstić information content (AvgIpc) is 3.24. The molecule has 0 radical (unpaired) electrons. The number of benzene rings is 2. The Bertz CT molecular complexity index is 1130. The molecule has 0 spiro atoms. The van der Waals surface area contributed by atoms with Crippen LogP contribution in [0.15, 0.2) is 45.7 Å². The third-order valence-electron chi connectivity index (χ3n) is 6.33. The fourth-order valence-corrected chi connectivity index (χ4v) is 5.71. The van der Waals surface area contributed by atoms with Gasteiger partial charge in [-0.1, -0.05) is 12.1 Å². The van der Waals surface area contributed by atoms with Crippen molar-refractivity contribution in [3.63, 3.8) is 0 Å².